The number of thioether (sulfide) groups is 1. The fourth-order valence-electron chi connectivity index (χ4n) is 1.54. The molecule has 0 unspecified atom stereocenters. The maximum Gasteiger partial charge on any atom is 0.254 e. The van der Waals surface area contributed by atoms with Crippen LogP contribution in [0.25, 0.3) is 0 Å². The van der Waals surface area contributed by atoms with Gasteiger partial charge in [-0.15, -0.1) is 0 Å². The molecule has 4 nitrogen and oxygen atoms in total. The van der Waals surface area contributed by atoms with E-state index in [-0.39, 0.29) is 5.91 Å². The molecule has 1 heterocycles. The molecule has 1 aromatic rings. The Kier molecular flexibility index (Phi) is 5.55. The second kappa shape index (κ2) is 6.69. The number of carbonyl (C=O) groups is 1. The number of aromatic nitrogens is 2. The van der Waals surface area contributed by atoms with Crippen molar-refractivity contribution >= 4 is 17.7 Å². The number of carbonyl (C=O) groups excluding carboxylic acids is 1. The zero-order chi connectivity index (χ0) is 12.8. The van der Waals surface area contributed by atoms with Crippen LogP contribution in [0, 0.1) is 6.92 Å². The Labute approximate surface area is 107 Å². The van der Waals surface area contributed by atoms with Crippen LogP contribution in [0.2, 0.25) is 0 Å². The molecule has 5 heteroatoms. The van der Waals surface area contributed by atoms with E-state index in [2.05, 4.69) is 24.3 Å². The Bertz CT molecular complexity index is 374. The predicted molar refractivity (Wildman–Crippen MR) is 72.6 cm³/mol. The summed E-state index contributed by atoms with van der Waals surface area (Å²) in [6.45, 7) is 9.75. The van der Waals surface area contributed by atoms with Gasteiger partial charge >= 0.3 is 0 Å². The minimum atomic E-state index is -0.0217. The van der Waals surface area contributed by atoms with Crippen LogP contribution in [-0.4, -0.2) is 33.2 Å². The lowest BCUT2D eigenvalue weighted by molar-refractivity contribution is 0.0955. The number of nitrogens with one attached hydrogen (secondary N) is 1. The number of amides is 1. The first-order valence-corrected chi connectivity index (χ1v) is 7.03. The van der Waals surface area contributed by atoms with Gasteiger partial charge in [0.1, 0.15) is 0 Å². The van der Waals surface area contributed by atoms with Crippen LogP contribution in [0.15, 0.2) is 6.20 Å². The van der Waals surface area contributed by atoms with Gasteiger partial charge < -0.3 is 5.32 Å². The number of aryl methyl sites for hydroxylation is 1. The molecule has 0 atom stereocenters. The molecule has 1 rings (SSSR count). The zero-order valence-corrected chi connectivity index (χ0v) is 11.8. The highest BCUT2D eigenvalue weighted by molar-refractivity contribution is 7.99. The number of nitrogens with zero attached hydrogens (tertiary/aromatic N) is 2. The van der Waals surface area contributed by atoms with Gasteiger partial charge in [-0.2, -0.15) is 16.9 Å². The Morgan fingerprint density at radius 3 is 2.82 bits per heavy atom. The molecular weight excluding hydrogens is 234 g/mol. The van der Waals surface area contributed by atoms with E-state index in [1.165, 1.54) is 0 Å². The normalized spacial score (nSPS) is 10.9. The molecule has 0 aliphatic carbocycles. The van der Waals surface area contributed by atoms with Crippen molar-refractivity contribution in [2.24, 2.45) is 0 Å². The van der Waals surface area contributed by atoms with Crippen LogP contribution in [0.3, 0.4) is 0 Å². The smallest absolute Gasteiger partial charge is 0.254 e. The molecule has 0 aromatic carbocycles. The van der Waals surface area contributed by atoms with Crippen molar-refractivity contribution in [1.82, 2.24) is 15.1 Å². The molecule has 0 fully saturated rings. The molecule has 1 N–H and O–H groups in total. The minimum Gasteiger partial charge on any atom is -0.351 e. The Morgan fingerprint density at radius 1 is 1.59 bits per heavy atom. The molecule has 0 saturated heterocycles. The van der Waals surface area contributed by atoms with Gasteiger partial charge in [0.05, 0.1) is 11.8 Å². The van der Waals surface area contributed by atoms with Gasteiger partial charge in [0.25, 0.3) is 5.91 Å². The largest absolute Gasteiger partial charge is 0.351 e. The van der Waals surface area contributed by atoms with E-state index in [0.717, 1.165) is 18.0 Å². The Morgan fingerprint density at radius 2 is 2.29 bits per heavy atom. The van der Waals surface area contributed by atoms with Crippen LogP contribution in [0.5, 0.6) is 0 Å². The van der Waals surface area contributed by atoms with E-state index in [1.54, 1.807) is 6.20 Å². The Hall–Kier alpha value is -0.970. The quantitative estimate of drug-likeness (QED) is 0.792. The van der Waals surface area contributed by atoms with Crippen LogP contribution in [0.4, 0.5) is 0 Å². The van der Waals surface area contributed by atoms with Crippen molar-refractivity contribution in [3.63, 3.8) is 0 Å². The summed E-state index contributed by atoms with van der Waals surface area (Å²) in [5, 5.41) is 7.69. The van der Waals surface area contributed by atoms with E-state index < -0.39 is 0 Å². The van der Waals surface area contributed by atoms with Crippen molar-refractivity contribution in [3.05, 3.63) is 17.5 Å². The molecule has 0 aliphatic heterocycles. The summed E-state index contributed by atoms with van der Waals surface area (Å²) in [7, 11) is 0. The maximum absolute atomic E-state index is 11.9. The molecule has 0 radical (unpaired) electrons. The van der Waals surface area contributed by atoms with Crippen LogP contribution >= 0.6 is 11.8 Å². The lowest BCUT2D eigenvalue weighted by Crippen LogP contribution is -2.26. The third-order valence-electron chi connectivity index (χ3n) is 2.49. The summed E-state index contributed by atoms with van der Waals surface area (Å²) in [5.41, 5.74) is 1.61. The summed E-state index contributed by atoms with van der Waals surface area (Å²) in [6, 6.07) is 0. The molecule has 17 heavy (non-hydrogen) atoms. The van der Waals surface area contributed by atoms with Crippen molar-refractivity contribution in [2.45, 2.75) is 39.5 Å². The summed E-state index contributed by atoms with van der Waals surface area (Å²) in [4.78, 5) is 11.9. The van der Waals surface area contributed by atoms with Gasteiger partial charge in [0.2, 0.25) is 0 Å². The highest BCUT2D eigenvalue weighted by Gasteiger charge is 2.12. The van der Waals surface area contributed by atoms with E-state index in [0.29, 0.717) is 17.4 Å². The number of rotatable bonds is 6. The van der Waals surface area contributed by atoms with Gasteiger partial charge in [-0.1, -0.05) is 13.8 Å². The molecule has 1 amide bonds. The van der Waals surface area contributed by atoms with Crippen LogP contribution in [-0.2, 0) is 6.54 Å². The molecule has 0 aliphatic rings. The van der Waals surface area contributed by atoms with Gasteiger partial charge in [-0.25, -0.2) is 0 Å². The SMILES string of the molecule is CCn1ncc(C(=O)NCCSC(C)C)c1C. The minimum absolute atomic E-state index is 0.0217. The number of hydrogen-bond acceptors (Lipinski definition) is 3. The van der Waals surface area contributed by atoms with E-state index in [1.807, 2.05) is 30.3 Å². The van der Waals surface area contributed by atoms with Gasteiger partial charge in [0.15, 0.2) is 0 Å². The summed E-state index contributed by atoms with van der Waals surface area (Å²) >= 11 is 1.85. The maximum atomic E-state index is 11.9. The predicted octanol–water partition coefficient (Wildman–Crippen LogP) is 2.08. The van der Waals surface area contributed by atoms with E-state index in [4.69, 9.17) is 0 Å². The second-order valence-electron chi connectivity index (χ2n) is 4.13. The molecular formula is C12H21N3OS. The highest BCUT2D eigenvalue weighted by atomic mass is 32.2. The van der Waals surface area contributed by atoms with Gasteiger partial charge in [-0.05, 0) is 19.1 Å². The summed E-state index contributed by atoms with van der Waals surface area (Å²) in [6.07, 6.45) is 1.64. The standard InChI is InChI=1S/C12H21N3OS/c1-5-15-10(4)11(8-14-15)12(16)13-6-7-17-9(2)3/h8-9H,5-7H2,1-4H3,(H,13,16). The lowest BCUT2D eigenvalue weighted by atomic mass is 10.2. The average Bonchev–Trinajstić information content (AvgIpc) is 2.65. The molecule has 0 bridgehead atoms. The highest BCUT2D eigenvalue weighted by Crippen LogP contribution is 2.09. The second-order valence-corrected chi connectivity index (χ2v) is 5.82. The van der Waals surface area contributed by atoms with Crippen molar-refractivity contribution in [2.75, 3.05) is 12.3 Å². The molecule has 0 spiro atoms. The van der Waals surface area contributed by atoms with Gasteiger partial charge in [-0.3, -0.25) is 9.48 Å². The van der Waals surface area contributed by atoms with Crippen molar-refractivity contribution in [1.29, 1.82) is 0 Å². The first kappa shape index (κ1) is 14.1. The first-order valence-electron chi connectivity index (χ1n) is 5.98. The monoisotopic (exact) mass is 255 g/mol. The van der Waals surface area contributed by atoms with E-state index >= 15 is 0 Å². The van der Waals surface area contributed by atoms with Crippen LogP contribution < -0.4 is 5.32 Å². The summed E-state index contributed by atoms with van der Waals surface area (Å²) < 4.78 is 1.83. The third-order valence-corrected chi connectivity index (χ3v) is 3.59. The third kappa shape index (κ3) is 4.07. The fraction of sp³-hybridized carbons (Fsp3) is 0.667. The molecule has 96 valence electrons. The first-order chi connectivity index (χ1) is 8.06. The fourth-order valence-corrected chi connectivity index (χ4v) is 2.23. The Balaban J connectivity index is 2.44. The van der Waals surface area contributed by atoms with E-state index in [9.17, 15) is 4.79 Å². The summed E-state index contributed by atoms with van der Waals surface area (Å²) in [5.74, 6) is 0.927. The van der Waals surface area contributed by atoms with Crippen LogP contribution in [0.1, 0.15) is 36.8 Å². The topological polar surface area (TPSA) is 46.9 Å². The van der Waals surface area contributed by atoms with Gasteiger partial charge in [0, 0.05) is 24.5 Å². The molecule has 1 aromatic heterocycles. The lowest BCUT2D eigenvalue weighted by Gasteiger charge is -2.06. The number of hydrogen-bond donors (Lipinski definition) is 1. The average molecular weight is 255 g/mol. The zero-order valence-electron chi connectivity index (χ0n) is 11.0. The molecule has 0 saturated carbocycles. The van der Waals surface area contributed by atoms with Crippen molar-refractivity contribution in [3.8, 4) is 0 Å². The van der Waals surface area contributed by atoms with Crippen molar-refractivity contribution < 1.29 is 4.79 Å².